The van der Waals surface area contributed by atoms with Gasteiger partial charge in [-0.25, -0.2) is 4.98 Å². The van der Waals surface area contributed by atoms with Gasteiger partial charge in [-0.15, -0.1) is 0 Å². The molecule has 0 fully saturated rings. The van der Waals surface area contributed by atoms with E-state index in [0.29, 0.717) is 11.4 Å². The first-order chi connectivity index (χ1) is 8.20. The maximum atomic E-state index is 5.96. The maximum Gasteiger partial charge on any atom is 0.138 e. The zero-order valence-electron chi connectivity index (χ0n) is 9.47. The van der Waals surface area contributed by atoms with Crippen molar-refractivity contribution < 1.29 is 0 Å². The lowest BCUT2D eigenvalue weighted by molar-refractivity contribution is 0.523. The number of nitrogens with one attached hydrogen (secondary N) is 1. The number of aryl methyl sites for hydroxylation is 1. The van der Waals surface area contributed by atoms with Crippen LogP contribution < -0.4 is 11.3 Å². The van der Waals surface area contributed by atoms with Crippen molar-refractivity contribution in [2.45, 2.75) is 12.5 Å². The molecular weight excluding hydrogens is 238 g/mol. The molecular formula is C11H14ClN5. The van der Waals surface area contributed by atoms with Crippen LogP contribution in [0.5, 0.6) is 0 Å². The van der Waals surface area contributed by atoms with Crippen LogP contribution in [0.2, 0.25) is 5.02 Å². The molecule has 1 atom stereocenters. The molecule has 5 nitrogen and oxygen atoms in total. The van der Waals surface area contributed by atoms with Crippen molar-refractivity contribution in [1.29, 1.82) is 0 Å². The topological polar surface area (TPSA) is 68.8 Å². The monoisotopic (exact) mass is 251 g/mol. The average molecular weight is 252 g/mol. The summed E-state index contributed by atoms with van der Waals surface area (Å²) in [6.45, 7) is 0. The van der Waals surface area contributed by atoms with Gasteiger partial charge in [-0.1, -0.05) is 23.7 Å². The summed E-state index contributed by atoms with van der Waals surface area (Å²) in [4.78, 5) is 4.17. The molecule has 90 valence electrons. The molecule has 1 unspecified atom stereocenters. The molecule has 0 aliphatic rings. The lowest BCUT2D eigenvalue weighted by Crippen LogP contribution is -2.30. The number of nitrogens with zero attached hydrogens (tertiary/aromatic N) is 3. The van der Waals surface area contributed by atoms with Crippen LogP contribution in [0.4, 0.5) is 0 Å². The van der Waals surface area contributed by atoms with E-state index in [1.807, 2.05) is 31.3 Å². The first kappa shape index (κ1) is 12.0. The van der Waals surface area contributed by atoms with Crippen molar-refractivity contribution in [3.05, 3.63) is 47.0 Å². The zero-order chi connectivity index (χ0) is 12.3. The maximum absolute atomic E-state index is 5.96. The first-order valence-electron chi connectivity index (χ1n) is 5.25. The number of hydrogen-bond acceptors (Lipinski definition) is 4. The van der Waals surface area contributed by atoms with Gasteiger partial charge < -0.3 is 0 Å². The van der Waals surface area contributed by atoms with E-state index in [-0.39, 0.29) is 6.04 Å². The zero-order valence-corrected chi connectivity index (χ0v) is 10.2. The Morgan fingerprint density at radius 2 is 2.35 bits per heavy atom. The summed E-state index contributed by atoms with van der Waals surface area (Å²) in [6, 6.07) is 7.58. The summed E-state index contributed by atoms with van der Waals surface area (Å²) >= 11 is 5.96. The summed E-state index contributed by atoms with van der Waals surface area (Å²) in [6.07, 6.45) is 2.19. The highest BCUT2D eigenvalue weighted by atomic mass is 35.5. The van der Waals surface area contributed by atoms with Crippen molar-refractivity contribution in [2.75, 3.05) is 0 Å². The Hall–Kier alpha value is -1.43. The quantitative estimate of drug-likeness (QED) is 0.633. The van der Waals surface area contributed by atoms with E-state index in [4.69, 9.17) is 17.4 Å². The molecule has 0 saturated carbocycles. The molecule has 0 aliphatic carbocycles. The summed E-state index contributed by atoms with van der Waals surface area (Å²) in [5.41, 5.74) is 3.80. The third-order valence-electron chi connectivity index (χ3n) is 2.64. The van der Waals surface area contributed by atoms with E-state index in [2.05, 4.69) is 15.5 Å². The van der Waals surface area contributed by atoms with Gasteiger partial charge in [0.1, 0.15) is 12.2 Å². The summed E-state index contributed by atoms with van der Waals surface area (Å²) in [5.74, 6) is 6.44. The summed E-state index contributed by atoms with van der Waals surface area (Å²) < 4.78 is 1.73. The van der Waals surface area contributed by atoms with Gasteiger partial charge in [0.2, 0.25) is 0 Å². The number of aromatic nitrogens is 3. The van der Waals surface area contributed by atoms with Crippen LogP contribution in [0.3, 0.4) is 0 Å². The van der Waals surface area contributed by atoms with Crippen LogP contribution in [0, 0.1) is 0 Å². The van der Waals surface area contributed by atoms with Crippen molar-refractivity contribution in [3.63, 3.8) is 0 Å². The standard InChI is InChI=1S/C11H14ClN5/c1-17-11(14-7-15-17)6-10(16-13)8-3-2-4-9(12)5-8/h2-5,7,10,16H,6,13H2,1H3. The minimum absolute atomic E-state index is 0.0309. The molecule has 0 bridgehead atoms. The van der Waals surface area contributed by atoms with Gasteiger partial charge in [-0.2, -0.15) is 5.10 Å². The Bertz CT molecular complexity index is 496. The number of hydrazine groups is 1. The minimum atomic E-state index is -0.0309. The van der Waals surface area contributed by atoms with Crippen LogP contribution in [-0.2, 0) is 13.5 Å². The van der Waals surface area contributed by atoms with E-state index in [0.717, 1.165) is 11.4 Å². The van der Waals surface area contributed by atoms with Gasteiger partial charge in [-0.3, -0.25) is 16.0 Å². The summed E-state index contributed by atoms with van der Waals surface area (Å²) in [5, 5.41) is 4.72. The number of benzene rings is 1. The number of rotatable bonds is 4. The van der Waals surface area contributed by atoms with E-state index in [1.165, 1.54) is 6.33 Å². The fourth-order valence-electron chi connectivity index (χ4n) is 1.68. The molecule has 2 aromatic rings. The van der Waals surface area contributed by atoms with Gasteiger partial charge in [0.25, 0.3) is 0 Å². The molecule has 1 heterocycles. The Morgan fingerprint density at radius 3 is 2.94 bits per heavy atom. The molecule has 6 heteroatoms. The minimum Gasteiger partial charge on any atom is -0.271 e. The van der Waals surface area contributed by atoms with Crippen LogP contribution in [0.15, 0.2) is 30.6 Å². The van der Waals surface area contributed by atoms with E-state index < -0.39 is 0 Å². The van der Waals surface area contributed by atoms with Gasteiger partial charge >= 0.3 is 0 Å². The molecule has 1 aromatic heterocycles. The second-order valence-corrected chi connectivity index (χ2v) is 4.21. The number of halogens is 1. The molecule has 0 aliphatic heterocycles. The van der Waals surface area contributed by atoms with Crippen LogP contribution in [0.1, 0.15) is 17.4 Å². The lowest BCUT2D eigenvalue weighted by atomic mass is 10.0. The molecule has 2 rings (SSSR count). The van der Waals surface area contributed by atoms with Crippen molar-refractivity contribution in [2.24, 2.45) is 12.9 Å². The molecule has 3 N–H and O–H groups in total. The molecule has 1 aromatic carbocycles. The predicted molar refractivity (Wildman–Crippen MR) is 66.2 cm³/mol. The van der Waals surface area contributed by atoms with Gasteiger partial charge in [0, 0.05) is 18.5 Å². The highest BCUT2D eigenvalue weighted by molar-refractivity contribution is 6.30. The van der Waals surface area contributed by atoms with Crippen molar-refractivity contribution in [3.8, 4) is 0 Å². The third-order valence-corrected chi connectivity index (χ3v) is 2.88. The number of nitrogens with two attached hydrogens (primary N) is 1. The fraction of sp³-hybridized carbons (Fsp3) is 0.273. The largest absolute Gasteiger partial charge is 0.271 e. The van der Waals surface area contributed by atoms with E-state index in [1.54, 1.807) is 4.68 Å². The van der Waals surface area contributed by atoms with Crippen molar-refractivity contribution >= 4 is 11.6 Å². The molecule has 0 saturated heterocycles. The Labute approximate surface area is 105 Å². The molecule has 0 radical (unpaired) electrons. The molecule has 0 spiro atoms. The smallest absolute Gasteiger partial charge is 0.138 e. The SMILES string of the molecule is Cn1ncnc1CC(NN)c1cccc(Cl)c1. The first-order valence-corrected chi connectivity index (χ1v) is 5.63. The van der Waals surface area contributed by atoms with Crippen LogP contribution in [0.25, 0.3) is 0 Å². The fourth-order valence-corrected chi connectivity index (χ4v) is 1.88. The molecule has 17 heavy (non-hydrogen) atoms. The second-order valence-electron chi connectivity index (χ2n) is 3.78. The highest BCUT2D eigenvalue weighted by Crippen LogP contribution is 2.19. The van der Waals surface area contributed by atoms with Crippen LogP contribution in [-0.4, -0.2) is 14.8 Å². The van der Waals surface area contributed by atoms with Crippen molar-refractivity contribution in [1.82, 2.24) is 20.2 Å². The van der Waals surface area contributed by atoms with Gasteiger partial charge in [-0.05, 0) is 17.7 Å². The van der Waals surface area contributed by atoms with Gasteiger partial charge in [0.05, 0.1) is 6.04 Å². The highest BCUT2D eigenvalue weighted by Gasteiger charge is 2.13. The Kier molecular flexibility index (Phi) is 3.73. The Balaban J connectivity index is 2.20. The predicted octanol–water partition coefficient (Wildman–Crippen LogP) is 1.22. The normalized spacial score (nSPS) is 12.6. The molecule has 0 amide bonds. The second kappa shape index (κ2) is 5.27. The average Bonchev–Trinajstić information content (AvgIpc) is 2.71. The lowest BCUT2D eigenvalue weighted by Gasteiger charge is -2.15. The number of hydrogen-bond donors (Lipinski definition) is 2. The van der Waals surface area contributed by atoms with E-state index >= 15 is 0 Å². The summed E-state index contributed by atoms with van der Waals surface area (Å²) in [7, 11) is 1.86. The van der Waals surface area contributed by atoms with E-state index in [9.17, 15) is 0 Å². The van der Waals surface area contributed by atoms with Gasteiger partial charge in [0.15, 0.2) is 0 Å². The third kappa shape index (κ3) is 2.82. The van der Waals surface area contributed by atoms with Crippen LogP contribution >= 0.6 is 11.6 Å². The Morgan fingerprint density at radius 1 is 1.53 bits per heavy atom.